The van der Waals surface area contributed by atoms with Crippen LogP contribution in [0.15, 0.2) is 52.3 Å². The van der Waals surface area contributed by atoms with Crippen molar-refractivity contribution in [1.29, 1.82) is 0 Å². The van der Waals surface area contributed by atoms with Crippen molar-refractivity contribution in [2.75, 3.05) is 0 Å². The number of fused-ring (bicyclic) bond motifs is 1. The Balaban J connectivity index is 1.57. The molecule has 36 heavy (non-hydrogen) atoms. The molecule has 3 heterocycles. The third-order valence-electron chi connectivity index (χ3n) is 5.62. The molecule has 0 radical (unpaired) electrons. The van der Waals surface area contributed by atoms with Crippen molar-refractivity contribution in [2.24, 2.45) is 5.92 Å². The van der Waals surface area contributed by atoms with Crippen molar-refractivity contribution >= 4 is 23.0 Å². The number of H-pyrrole nitrogens is 1. The average Bonchev–Trinajstić information content (AvgIpc) is 3.50. The first-order valence-electron chi connectivity index (χ1n) is 11.6. The van der Waals surface area contributed by atoms with E-state index in [1.165, 1.54) is 10.9 Å². The minimum absolute atomic E-state index is 0.113. The van der Waals surface area contributed by atoms with Gasteiger partial charge in [0.1, 0.15) is 6.54 Å². The first kappa shape index (κ1) is 24.6. The first-order chi connectivity index (χ1) is 17.3. The standard InChI is InChI=1S/C24H28N8O4/c1-4-30-14-25-21-20(30)23(35)32(24(36)31(21)12-16-8-6-5-7-9-16)13-19(33)28-29-22(34)18-11-17(26-27-18)10-15(2)3/h5-9,11,14-15H,4,10,12-13H2,1-3H3,(H,26,27)(H,28,33)(H,29,34). The summed E-state index contributed by atoms with van der Waals surface area (Å²) < 4.78 is 3.83. The Morgan fingerprint density at radius 2 is 1.83 bits per heavy atom. The average molecular weight is 493 g/mol. The second kappa shape index (κ2) is 10.4. The predicted octanol–water partition coefficient (Wildman–Crippen LogP) is 0.811. The van der Waals surface area contributed by atoms with Gasteiger partial charge in [-0.3, -0.25) is 34.9 Å². The number of hydrogen-bond acceptors (Lipinski definition) is 6. The highest BCUT2D eigenvalue weighted by atomic mass is 16.2. The van der Waals surface area contributed by atoms with E-state index in [9.17, 15) is 19.2 Å². The van der Waals surface area contributed by atoms with Crippen LogP contribution in [0.1, 0.15) is 42.5 Å². The minimum atomic E-state index is -0.742. The zero-order valence-corrected chi connectivity index (χ0v) is 20.3. The van der Waals surface area contributed by atoms with Crippen LogP contribution in [0.4, 0.5) is 0 Å². The number of aryl methyl sites for hydroxylation is 1. The lowest BCUT2D eigenvalue weighted by Gasteiger charge is -2.13. The second-order valence-corrected chi connectivity index (χ2v) is 8.83. The fourth-order valence-corrected chi connectivity index (χ4v) is 3.92. The number of aromatic nitrogens is 6. The molecule has 0 aliphatic rings. The Morgan fingerprint density at radius 1 is 1.08 bits per heavy atom. The molecule has 3 aromatic heterocycles. The molecule has 0 saturated carbocycles. The smallest absolute Gasteiger partial charge is 0.325 e. The number of hydrazine groups is 1. The van der Waals surface area contributed by atoms with Crippen molar-refractivity contribution in [2.45, 2.75) is 46.8 Å². The molecule has 0 unspecified atom stereocenters. The fraction of sp³-hybridized carbons (Fsp3) is 0.333. The quantitative estimate of drug-likeness (QED) is 0.310. The summed E-state index contributed by atoms with van der Waals surface area (Å²) in [5.74, 6) is -0.983. The van der Waals surface area contributed by atoms with Gasteiger partial charge in [-0.2, -0.15) is 5.10 Å². The van der Waals surface area contributed by atoms with Crippen LogP contribution >= 0.6 is 0 Å². The van der Waals surface area contributed by atoms with Crippen molar-refractivity contribution in [1.82, 2.24) is 39.7 Å². The van der Waals surface area contributed by atoms with Gasteiger partial charge in [-0.25, -0.2) is 14.3 Å². The van der Waals surface area contributed by atoms with E-state index in [2.05, 4.69) is 26.0 Å². The van der Waals surface area contributed by atoms with Crippen molar-refractivity contribution in [3.63, 3.8) is 0 Å². The summed E-state index contributed by atoms with van der Waals surface area (Å²) in [6, 6.07) is 10.9. The van der Waals surface area contributed by atoms with E-state index in [1.54, 1.807) is 10.6 Å². The SMILES string of the molecule is CCn1cnc2c1c(=O)n(CC(=O)NNC(=O)c1cc(CC(C)C)[nH]n1)c(=O)n2Cc1ccccc1. The molecule has 0 aliphatic carbocycles. The van der Waals surface area contributed by atoms with E-state index < -0.39 is 29.6 Å². The molecule has 1 aromatic carbocycles. The summed E-state index contributed by atoms with van der Waals surface area (Å²) in [4.78, 5) is 55.7. The maximum absolute atomic E-state index is 13.3. The number of carbonyl (C=O) groups is 2. The van der Waals surface area contributed by atoms with Crippen LogP contribution < -0.4 is 22.1 Å². The molecule has 4 aromatic rings. The molecule has 0 bridgehead atoms. The third kappa shape index (κ3) is 5.11. The minimum Gasteiger partial charge on any atom is -0.325 e. The number of hydrogen-bond donors (Lipinski definition) is 3. The number of benzene rings is 1. The van der Waals surface area contributed by atoms with Crippen molar-refractivity contribution < 1.29 is 9.59 Å². The molecular formula is C24H28N8O4. The Kier molecular flexibility index (Phi) is 7.13. The van der Waals surface area contributed by atoms with Gasteiger partial charge in [0.15, 0.2) is 16.9 Å². The molecule has 2 amide bonds. The summed E-state index contributed by atoms with van der Waals surface area (Å²) >= 11 is 0. The number of amides is 2. The highest BCUT2D eigenvalue weighted by Gasteiger charge is 2.20. The lowest BCUT2D eigenvalue weighted by atomic mass is 10.1. The molecule has 0 atom stereocenters. The first-order valence-corrected chi connectivity index (χ1v) is 11.6. The van der Waals surface area contributed by atoms with Gasteiger partial charge in [-0.15, -0.1) is 0 Å². The van der Waals surface area contributed by atoms with Crippen LogP contribution in [0.25, 0.3) is 11.2 Å². The van der Waals surface area contributed by atoms with Crippen LogP contribution in [0.2, 0.25) is 0 Å². The van der Waals surface area contributed by atoms with E-state index in [-0.39, 0.29) is 23.4 Å². The molecule has 0 spiro atoms. The van der Waals surface area contributed by atoms with Gasteiger partial charge < -0.3 is 4.57 Å². The highest BCUT2D eigenvalue weighted by molar-refractivity contribution is 5.93. The van der Waals surface area contributed by atoms with E-state index in [0.717, 1.165) is 22.2 Å². The number of aromatic amines is 1. The van der Waals surface area contributed by atoms with Gasteiger partial charge in [0.25, 0.3) is 17.4 Å². The largest absolute Gasteiger partial charge is 0.333 e. The second-order valence-electron chi connectivity index (χ2n) is 8.83. The molecule has 12 nitrogen and oxygen atoms in total. The monoisotopic (exact) mass is 492 g/mol. The van der Waals surface area contributed by atoms with Gasteiger partial charge in [0.05, 0.1) is 12.9 Å². The molecule has 188 valence electrons. The maximum atomic E-state index is 13.3. The zero-order valence-electron chi connectivity index (χ0n) is 20.3. The lowest BCUT2D eigenvalue weighted by Crippen LogP contribution is -2.48. The lowest BCUT2D eigenvalue weighted by molar-refractivity contribution is -0.122. The summed E-state index contributed by atoms with van der Waals surface area (Å²) in [5, 5.41) is 6.74. The highest BCUT2D eigenvalue weighted by Crippen LogP contribution is 2.10. The molecule has 0 saturated heterocycles. The Hall–Kier alpha value is -4.48. The van der Waals surface area contributed by atoms with Crippen LogP contribution in [-0.2, 0) is 30.8 Å². The number of imidazole rings is 1. The van der Waals surface area contributed by atoms with Crippen LogP contribution in [-0.4, -0.2) is 40.7 Å². The Bertz CT molecular complexity index is 1510. The maximum Gasteiger partial charge on any atom is 0.333 e. The fourth-order valence-electron chi connectivity index (χ4n) is 3.92. The molecule has 3 N–H and O–H groups in total. The van der Waals surface area contributed by atoms with Gasteiger partial charge in [0, 0.05) is 12.2 Å². The predicted molar refractivity (Wildman–Crippen MR) is 132 cm³/mol. The molecule has 0 fully saturated rings. The topological polar surface area (TPSA) is 149 Å². The Morgan fingerprint density at radius 3 is 2.53 bits per heavy atom. The zero-order chi connectivity index (χ0) is 25.8. The van der Waals surface area contributed by atoms with Gasteiger partial charge in [0.2, 0.25) is 0 Å². The Labute approximate surface area is 205 Å². The number of nitrogens with one attached hydrogen (secondary N) is 3. The van der Waals surface area contributed by atoms with Gasteiger partial charge in [-0.05, 0) is 30.9 Å². The van der Waals surface area contributed by atoms with E-state index >= 15 is 0 Å². The van der Waals surface area contributed by atoms with E-state index in [4.69, 9.17) is 0 Å². The number of carbonyl (C=O) groups excluding carboxylic acids is 2. The summed E-state index contributed by atoms with van der Waals surface area (Å²) in [6.45, 7) is 5.98. The van der Waals surface area contributed by atoms with Gasteiger partial charge >= 0.3 is 5.69 Å². The summed E-state index contributed by atoms with van der Waals surface area (Å²) in [6.07, 6.45) is 2.22. The van der Waals surface area contributed by atoms with Crippen LogP contribution in [0, 0.1) is 5.92 Å². The summed E-state index contributed by atoms with van der Waals surface area (Å²) in [5.41, 5.74) is 5.43. The van der Waals surface area contributed by atoms with E-state index in [0.29, 0.717) is 12.5 Å². The normalized spacial score (nSPS) is 11.2. The molecule has 4 rings (SSSR count). The van der Waals surface area contributed by atoms with Gasteiger partial charge in [-0.1, -0.05) is 44.2 Å². The van der Waals surface area contributed by atoms with Crippen LogP contribution in [0.3, 0.4) is 0 Å². The molecular weight excluding hydrogens is 464 g/mol. The molecule has 0 aliphatic heterocycles. The summed E-state index contributed by atoms with van der Waals surface area (Å²) in [7, 11) is 0. The molecule has 12 heteroatoms. The van der Waals surface area contributed by atoms with Crippen molar-refractivity contribution in [3.05, 3.63) is 80.5 Å². The third-order valence-corrected chi connectivity index (χ3v) is 5.62. The number of nitrogens with zero attached hydrogens (tertiary/aromatic N) is 5. The van der Waals surface area contributed by atoms with Crippen molar-refractivity contribution in [3.8, 4) is 0 Å². The number of rotatable bonds is 8. The van der Waals surface area contributed by atoms with E-state index in [1.807, 2.05) is 51.1 Å². The van der Waals surface area contributed by atoms with Crippen LogP contribution in [0.5, 0.6) is 0 Å².